The van der Waals surface area contributed by atoms with Crippen LogP contribution in [-0.2, 0) is 11.2 Å². The number of carbonyl (C=O) groups is 1. The summed E-state index contributed by atoms with van der Waals surface area (Å²) in [6.45, 7) is 0. The highest BCUT2D eigenvalue weighted by Gasteiger charge is 2.00. The molecule has 0 unspecified atom stereocenters. The van der Waals surface area contributed by atoms with Crippen LogP contribution in [0.1, 0.15) is 12.0 Å². The van der Waals surface area contributed by atoms with Gasteiger partial charge in [-0.05, 0) is 24.5 Å². The Kier molecular flexibility index (Phi) is 3.31. The molecule has 0 amide bonds. The number of methoxy groups -OCH3 is 1. The van der Waals surface area contributed by atoms with Gasteiger partial charge in [0.05, 0.1) is 7.11 Å². The highest BCUT2D eigenvalue weighted by atomic mass is 16.5. The van der Waals surface area contributed by atoms with E-state index >= 15 is 0 Å². The van der Waals surface area contributed by atoms with Crippen LogP contribution in [0.25, 0.3) is 0 Å². The number of rotatable bonds is 4. The quantitative estimate of drug-likeness (QED) is 0.671. The van der Waals surface area contributed by atoms with Crippen molar-refractivity contribution in [3.05, 3.63) is 29.8 Å². The molecule has 0 saturated heterocycles. The summed E-state index contributed by atoms with van der Waals surface area (Å²) >= 11 is 0. The largest absolute Gasteiger partial charge is 0.550 e. The molecule has 0 fully saturated rings. The Hall–Kier alpha value is -1.51. The van der Waals surface area contributed by atoms with Gasteiger partial charge < -0.3 is 14.6 Å². The monoisotopic (exact) mass is 179 g/mol. The van der Waals surface area contributed by atoms with E-state index in [4.69, 9.17) is 4.74 Å². The minimum absolute atomic E-state index is 0.0281. The molecular weight excluding hydrogens is 168 g/mol. The summed E-state index contributed by atoms with van der Waals surface area (Å²) in [6.07, 6.45) is 0.479. The minimum Gasteiger partial charge on any atom is -0.550 e. The molecule has 0 aromatic heterocycles. The fourth-order valence-electron chi connectivity index (χ4n) is 1.15. The van der Waals surface area contributed by atoms with Gasteiger partial charge in [0.1, 0.15) is 5.75 Å². The molecule has 70 valence electrons. The zero-order valence-electron chi connectivity index (χ0n) is 7.45. The number of benzene rings is 1. The van der Waals surface area contributed by atoms with Gasteiger partial charge in [0.2, 0.25) is 0 Å². The maximum absolute atomic E-state index is 10.2. The molecule has 0 radical (unpaired) electrons. The molecule has 3 nitrogen and oxygen atoms in total. The third-order valence-electron chi connectivity index (χ3n) is 1.79. The second-order valence-electron chi connectivity index (χ2n) is 2.68. The molecule has 0 bridgehead atoms. The lowest BCUT2D eigenvalue weighted by Gasteiger charge is -2.07. The average molecular weight is 179 g/mol. The molecule has 1 aromatic carbocycles. The highest BCUT2D eigenvalue weighted by Crippen LogP contribution is 2.18. The van der Waals surface area contributed by atoms with Crippen molar-refractivity contribution >= 4 is 5.97 Å². The lowest BCUT2D eigenvalue weighted by atomic mass is 10.1. The lowest BCUT2D eigenvalue weighted by molar-refractivity contribution is -0.305. The van der Waals surface area contributed by atoms with Crippen LogP contribution in [0.4, 0.5) is 0 Å². The normalized spacial score (nSPS) is 9.62. The number of carboxylic acids is 1. The molecule has 0 N–H and O–H groups in total. The van der Waals surface area contributed by atoms with E-state index in [1.54, 1.807) is 7.11 Å². The third kappa shape index (κ3) is 2.78. The maximum atomic E-state index is 10.2. The van der Waals surface area contributed by atoms with E-state index in [0.29, 0.717) is 6.42 Å². The molecule has 0 spiro atoms. The Bertz CT molecular complexity index is 294. The minimum atomic E-state index is -1.04. The number of carbonyl (C=O) groups excluding carboxylic acids is 1. The van der Waals surface area contributed by atoms with Crippen LogP contribution >= 0.6 is 0 Å². The predicted octanol–water partition coefficient (Wildman–Crippen LogP) is 0.378. The van der Waals surface area contributed by atoms with Crippen molar-refractivity contribution in [2.24, 2.45) is 0 Å². The molecule has 0 aliphatic heterocycles. The van der Waals surface area contributed by atoms with Gasteiger partial charge in [-0.1, -0.05) is 18.2 Å². The van der Waals surface area contributed by atoms with Crippen LogP contribution in [0.2, 0.25) is 0 Å². The van der Waals surface area contributed by atoms with E-state index in [1.165, 1.54) is 0 Å². The Morgan fingerprint density at radius 2 is 2.15 bits per heavy atom. The molecule has 1 aromatic rings. The lowest BCUT2D eigenvalue weighted by Crippen LogP contribution is -2.22. The van der Waals surface area contributed by atoms with Gasteiger partial charge in [0.25, 0.3) is 0 Å². The van der Waals surface area contributed by atoms with Crippen molar-refractivity contribution in [3.63, 3.8) is 0 Å². The van der Waals surface area contributed by atoms with E-state index in [9.17, 15) is 9.90 Å². The number of aryl methyl sites for hydroxylation is 1. The standard InChI is InChI=1S/C10H12O3/c1-13-9-5-3-2-4-8(9)6-7-10(11)12/h2-5H,6-7H2,1H3,(H,11,12)/p-1. The van der Waals surface area contributed by atoms with Gasteiger partial charge >= 0.3 is 0 Å². The van der Waals surface area contributed by atoms with Gasteiger partial charge in [0.15, 0.2) is 0 Å². The first kappa shape index (κ1) is 9.58. The van der Waals surface area contributed by atoms with Crippen molar-refractivity contribution in [3.8, 4) is 5.75 Å². The SMILES string of the molecule is COc1ccccc1CCC(=O)[O-]. The number of ether oxygens (including phenoxy) is 1. The number of aliphatic carboxylic acids is 1. The smallest absolute Gasteiger partial charge is 0.122 e. The highest BCUT2D eigenvalue weighted by molar-refractivity contribution is 5.64. The number of hydrogen-bond acceptors (Lipinski definition) is 3. The topological polar surface area (TPSA) is 49.4 Å². The number of hydrogen-bond donors (Lipinski definition) is 0. The van der Waals surface area contributed by atoms with Gasteiger partial charge in [-0.25, -0.2) is 0 Å². The summed E-state index contributed by atoms with van der Waals surface area (Å²) in [4.78, 5) is 10.2. The second kappa shape index (κ2) is 4.50. The van der Waals surface area contributed by atoms with Gasteiger partial charge in [-0.2, -0.15) is 0 Å². The fourth-order valence-corrected chi connectivity index (χ4v) is 1.15. The Morgan fingerprint density at radius 1 is 1.46 bits per heavy atom. The molecule has 13 heavy (non-hydrogen) atoms. The van der Waals surface area contributed by atoms with Crippen molar-refractivity contribution in [2.75, 3.05) is 7.11 Å². The zero-order valence-corrected chi connectivity index (χ0v) is 7.45. The van der Waals surface area contributed by atoms with Gasteiger partial charge in [-0.3, -0.25) is 0 Å². The second-order valence-corrected chi connectivity index (χ2v) is 2.68. The molecule has 0 atom stereocenters. The molecule has 3 heteroatoms. The van der Waals surface area contributed by atoms with Gasteiger partial charge in [-0.15, -0.1) is 0 Å². The summed E-state index contributed by atoms with van der Waals surface area (Å²) in [5.41, 5.74) is 0.897. The van der Waals surface area contributed by atoms with Crippen LogP contribution < -0.4 is 9.84 Å². The first-order valence-electron chi connectivity index (χ1n) is 4.06. The fraction of sp³-hybridized carbons (Fsp3) is 0.300. The van der Waals surface area contributed by atoms with Crippen LogP contribution in [0.15, 0.2) is 24.3 Å². The van der Waals surface area contributed by atoms with E-state index in [0.717, 1.165) is 11.3 Å². The van der Waals surface area contributed by atoms with E-state index in [1.807, 2.05) is 24.3 Å². The van der Waals surface area contributed by atoms with Crippen molar-refractivity contribution in [1.29, 1.82) is 0 Å². The maximum Gasteiger partial charge on any atom is 0.122 e. The molecule has 0 aliphatic carbocycles. The third-order valence-corrected chi connectivity index (χ3v) is 1.79. The zero-order chi connectivity index (χ0) is 9.68. The summed E-state index contributed by atoms with van der Waals surface area (Å²) in [7, 11) is 1.57. The Morgan fingerprint density at radius 3 is 2.77 bits per heavy atom. The van der Waals surface area contributed by atoms with Crippen LogP contribution in [0.3, 0.4) is 0 Å². The summed E-state index contributed by atoms with van der Waals surface area (Å²) in [6, 6.07) is 7.36. The molecular formula is C10H11O3-. The summed E-state index contributed by atoms with van der Waals surface area (Å²) in [5, 5.41) is 10.2. The van der Waals surface area contributed by atoms with Crippen LogP contribution in [0.5, 0.6) is 5.75 Å². The molecule has 1 rings (SSSR count). The van der Waals surface area contributed by atoms with Crippen molar-refractivity contribution in [2.45, 2.75) is 12.8 Å². The Labute approximate surface area is 77.0 Å². The van der Waals surface area contributed by atoms with Crippen molar-refractivity contribution in [1.82, 2.24) is 0 Å². The van der Waals surface area contributed by atoms with E-state index in [-0.39, 0.29) is 6.42 Å². The molecule has 0 saturated carbocycles. The van der Waals surface area contributed by atoms with Gasteiger partial charge in [0, 0.05) is 5.97 Å². The van der Waals surface area contributed by atoms with E-state index < -0.39 is 5.97 Å². The first-order chi connectivity index (χ1) is 6.24. The summed E-state index contributed by atoms with van der Waals surface area (Å²) in [5.74, 6) is -0.311. The van der Waals surface area contributed by atoms with Crippen LogP contribution in [0, 0.1) is 0 Å². The predicted molar refractivity (Wildman–Crippen MR) is 46.3 cm³/mol. The first-order valence-corrected chi connectivity index (χ1v) is 4.06. The average Bonchev–Trinajstić information content (AvgIpc) is 2.15. The molecule has 0 heterocycles. The Balaban J connectivity index is 2.69. The number of carboxylic acid groups (broad SMARTS) is 1. The van der Waals surface area contributed by atoms with Crippen molar-refractivity contribution < 1.29 is 14.6 Å². The van der Waals surface area contributed by atoms with E-state index in [2.05, 4.69) is 0 Å². The molecule has 0 aliphatic rings. The van der Waals surface area contributed by atoms with Crippen LogP contribution in [-0.4, -0.2) is 13.1 Å². The number of para-hydroxylation sites is 1. The summed E-state index contributed by atoms with van der Waals surface area (Å²) < 4.78 is 5.06.